The van der Waals surface area contributed by atoms with E-state index in [9.17, 15) is 4.79 Å². The first-order valence-corrected chi connectivity index (χ1v) is 9.61. The number of morpholine rings is 1. The topological polar surface area (TPSA) is 36.0 Å². The van der Waals surface area contributed by atoms with Crippen LogP contribution in [0.1, 0.15) is 32.1 Å². The zero-order chi connectivity index (χ0) is 15.6. The van der Waals surface area contributed by atoms with Gasteiger partial charge in [0.05, 0.1) is 13.2 Å². The molecule has 1 amide bonds. The molecular weight excluding hydrogens is 290 g/mol. The van der Waals surface area contributed by atoms with Crippen LogP contribution in [0.15, 0.2) is 0 Å². The minimum absolute atomic E-state index is 0.309. The average Bonchev–Trinajstić information content (AvgIpc) is 3.24. The van der Waals surface area contributed by atoms with E-state index in [1.807, 2.05) is 4.90 Å². The summed E-state index contributed by atoms with van der Waals surface area (Å²) in [4.78, 5) is 19.4. The first kappa shape index (κ1) is 15.9. The number of hydrogen-bond acceptors (Lipinski definition) is 4. The number of piperazine rings is 1. The fraction of sp³-hybridized carbons (Fsp3) is 0.944. The molecule has 0 N–H and O–H groups in total. The molecule has 2 heterocycles. The van der Waals surface area contributed by atoms with Gasteiger partial charge >= 0.3 is 0 Å². The lowest BCUT2D eigenvalue weighted by molar-refractivity contribution is -0.135. The van der Waals surface area contributed by atoms with Crippen LogP contribution in [0.3, 0.4) is 0 Å². The van der Waals surface area contributed by atoms with Crippen LogP contribution in [0.4, 0.5) is 0 Å². The highest BCUT2D eigenvalue weighted by Gasteiger charge is 2.42. The summed E-state index contributed by atoms with van der Waals surface area (Å²) in [6.07, 6.45) is 6.60. The fourth-order valence-corrected chi connectivity index (χ4v) is 5.20. The Bertz CT molecular complexity index is 416. The van der Waals surface area contributed by atoms with Crippen LogP contribution in [0.5, 0.6) is 0 Å². The highest BCUT2D eigenvalue weighted by atomic mass is 16.5. The number of ether oxygens (including phenoxy) is 1. The van der Waals surface area contributed by atoms with Crippen LogP contribution in [-0.4, -0.2) is 85.7 Å². The Morgan fingerprint density at radius 1 is 0.957 bits per heavy atom. The maximum Gasteiger partial charge on any atom is 0.224 e. The van der Waals surface area contributed by atoms with Crippen molar-refractivity contribution in [2.45, 2.75) is 38.1 Å². The molecule has 4 rings (SSSR count). The molecule has 2 saturated heterocycles. The third kappa shape index (κ3) is 3.57. The standard InChI is InChI=1S/C18H31N3O2/c22-18(21-9-11-23-12-10-21)3-4-19-5-7-20(8-6-19)17-14-15-1-2-16(17)13-15/h15-17H,1-14H2. The SMILES string of the molecule is O=C(CCN1CCN(C2CC3CCC2C3)CC1)N1CCOCC1. The molecule has 0 radical (unpaired) electrons. The summed E-state index contributed by atoms with van der Waals surface area (Å²) in [6.45, 7) is 8.59. The van der Waals surface area contributed by atoms with E-state index in [1.54, 1.807) is 0 Å². The second-order valence-electron chi connectivity index (χ2n) is 7.86. The number of hydrogen-bond donors (Lipinski definition) is 0. The Balaban J connectivity index is 1.17. The van der Waals surface area contributed by atoms with Gasteiger partial charge in [-0.2, -0.15) is 0 Å². The van der Waals surface area contributed by atoms with Crippen molar-refractivity contribution in [3.05, 3.63) is 0 Å². The quantitative estimate of drug-likeness (QED) is 0.775. The zero-order valence-electron chi connectivity index (χ0n) is 14.3. The van der Waals surface area contributed by atoms with Gasteiger partial charge in [0.25, 0.3) is 0 Å². The van der Waals surface area contributed by atoms with Gasteiger partial charge < -0.3 is 14.5 Å². The number of nitrogens with zero attached hydrogens (tertiary/aromatic N) is 3. The predicted molar refractivity (Wildman–Crippen MR) is 89.3 cm³/mol. The Morgan fingerprint density at radius 2 is 1.74 bits per heavy atom. The highest BCUT2D eigenvalue weighted by molar-refractivity contribution is 5.76. The van der Waals surface area contributed by atoms with Crippen molar-refractivity contribution in [3.8, 4) is 0 Å². The van der Waals surface area contributed by atoms with E-state index in [-0.39, 0.29) is 0 Å². The summed E-state index contributed by atoms with van der Waals surface area (Å²) >= 11 is 0. The number of fused-ring (bicyclic) bond motifs is 2. The molecule has 0 aromatic carbocycles. The summed E-state index contributed by atoms with van der Waals surface area (Å²) in [6, 6.07) is 0.880. The van der Waals surface area contributed by atoms with Gasteiger partial charge in [-0.05, 0) is 31.1 Å². The van der Waals surface area contributed by atoms with Crippen LogP contribution in [0, 0.1) is 11.8 Å². The van der Waals surface area contributed by atoms with Gasteiger partial charge in [-0.3, -0.25) is 9.69 Å². The second kappa shape index (κ2) is 7.08. The Hall–Kier alpha value is -0.650. The highest BCUT2D eigenvalue weighted by Crippen LogP contribution is 2.46. The van der Waals surface area contributed by atoms with Gasteiger partial charge in [0, 0.05) is 58.3 Å². The summed E-state index contributed by atoms with van der Waals surface area (Å²) in [7, 11) is 0. The lowest BCUT2D eigenvalue weighted by Crippen LogP contribution is -2.52. The van der Waals surface area contributed by atoms with Gasteiger partial charge in [-0.15, -0.1) is 0 Å². The summed E-state index contributed by atoms with van der Waals surface area (Å²) in [5.74, 6) is 2.34. The summed E-state index contributed by atoms with van der Waals surface area (Å²) < 4.78 is 5.32. The smallest absolute Gasteiger partial charge is 0.224 e. The van der Waals surface area contributed by atoms with E-state index >= 15 is 0 Å². The zero-order valence-corrected chi connectivity index (χ0v) is 14.3. The molecule has 2 saturated carbocycles. The molecule has 4 aliphatic rings. The molecule has 0 spiro atoms. The summed E-state index contributed by atoms with van der Waals surface area (Å²) in [5, 5.41) is 0. The monoisotopic (exact) mass is 321 g/mol. The van der Waals surface area contributed by atoms with Crippen LogP contribution < -0.4 is 0 Å². The van der Waals surface area contributed by atoms with E-state index in [0.29, 0.717) is 25.5 Å². The average molecular weight is 321 g/mol. The summed E-state index contributed by atoms with van der Waals surface area (Å²) in [5.41, 5.74) is 0. The first-order valence-electron chi connectivity index (χ1n) is 9.61. The number of rotatable bonds is 4. The molecule has 23 heavy (non-hydrogen) atoms. The molecule has 2 aliphatic heterocycles. The third-order valence-corrected chi connectivity index (χ3v) is 6.58. The molecule has 3 unspecified atom stereocenters. The number of carbonyl (C=O) groups excluding carboxylic acids is 1. The molecule has 2 bridgehead atoms. The van der Waals surface area contributed by atoms with Crippen molar-refractivity contribution >= 4 is 5.91 Å². The number of carbonyl (C=O) groups is 1. The Kier molecular flexibility index (Phi) is 4.88. The molecule has 5 nitrogen and oxygen atoms in total. The van der Waals surface area contributed by atoms with Crippen molar-refractivity contribution < 1.29 is 9.53 Å². The molecule has 3 atom stereocenters. The van der Waals surface area contributed by atoms with Crippen LogP contribution in [-0.2, 0) is 9.53 Å². The fourth-order valence-electron chi connectivity index (χ4n) is 5.20. The molecule has 130 valence electrons. The third-order valence-electron chi connectivity index (χ3n) is 6.58. The van der Waals surface area contributed by atoms with E-state index in [1.165, 1.54) is 38.8 Å². The maximum atomic E-state index is 12.2. The van der Waals surface area contributed by atoms with Gasteiger partial charge in [0.15, 0.2) is 0 Å². The van der Waals surface area contributed by atoms with E-state index < -0.39 is 0 Å². The van der Waals surface area contributed by atoms with E-state index in [2.05, 4.69) is 9.80 Å². The number of amides is 1. The molecule has 0 aromatic heterocycles. The molecule has 2 aliphatic carbocycles. The van der Waals surface area contributed by atoms with Crippen molar-refractivity contribution in [2.24, 2.45) is 11.8 Å². The maximum absolute atomic E-state index is 12.2. The Morgan fingerprint density at radius 3 is 2.39 bits per heavy atom. The minimum Gasteiger partial charge on any atom is -0.378 e. The molecule has 0 aromatic rings. The van der Waals surface area contributed by atoms with Gasteiger partial charge in [0.1, 0.15) is 0 Å². The van der Waals surface area contributed by atoms with E-state index in [0.717, 1.165) is 50.6 Å². The van der Waals surface area contributed by atoms with Crippen molar-refractivity contribution in [1.82, 2.24) is 14.7 Å². The first-order chi connectivity index (χ1) is 11.3. The van der Waals surface area contributed by atoms with Gasteiger partial charge in [0.2, 0.25) is 5.91 Å². The van der Waals surface area contributed by atoms with Crippen LogP contribution >= 0.6 is 0 Å². The van der Waals surface area contributed by atoms with Crippen molar-refractivity contribution in [2.75, 3.05) is 59.0 Å². The van der Waals surface area contributed by atoms with Crippen molar-refractivity contribution in [3.63, 3.8) is 0 Å². The van der Waals surface area contributed by atoms with Crippen LogP contribution in [0.25, 0.3) is 0 Å². The van der Waals surface area contributed by atoms with Gasteiger partial charge in [-0.1, -0.05) is 6.42 Å². The molecule has 4 fully saturated rings. The van der Waals surface area contributed by atoms with Gasteiger partial charge in [-0.25, -0.2) is 0 Å². The normalized spacial score (nSPS) is 35.8. The molecule has 5 heteroatoms. The Labute approximate surface area is 139 Å². The van der Waals surface area contributed by atoms with Crippen molar-refractivity contribution in [1.29, 1.82) is 0 Å². The van der Waals surface area contributed by atoms with E-state index in [4.69, 9.17) is 4.74 Å². The predicted octanol–water partition coefficient (Wildman–Crippen LogP) is 1.04. The molecular formula is C18H31N3O2. The lowest BCUT2D eigenvalue weighted by Gasteiger charge is -2.41. The van der Waals surface area contributed by atoms with Crippen LogP contribution in [0.2, 0.25) is 0 Å². The largest absolute Gasteiger partial charge is 0.378 e. The lowest BCUT2D eigenvalue weighted by atomic mass is 9.93. The minimum atomic E-state index is 0.309. The second-order valence-corrected chi connectivity index (χ2v) is 7.86.